The Morgan fingerprint density at radius 3 is 2.82 bits per heavy atom. The van der Waals surface area contributed by atoms with E-state index in [1.807, 2.05) is 12.1 Å². The molecular weight excluding hydrogens is 220 g/mol. The van der Waals surface area contributed by atoms with Crippen LogP contribution in [-0.4, -0.2) is 19.1 Å². The minimum atomic E-state index is -0.436. The second-order valence-corrected chi connectivity index (χ2v) is 3.54. The zero-order valence-corrected chi connectivity index (χ0v) is 9.18. The molecule has 1 aromatic carbocycles. The van der Waals surface area contributed by atoms with Crippen LogP contribution in [0.4, 0.5) is 5.69 Å². The number of hydrogen-bond acceptors (Lipinski definition) is 4. The van der Waals surface area contributed by atoms with E-state index in [2.05, 4.69) is 5.32 Å². The van der Waals surface area contributed by atoms with Crippen LogP contribution in [0.2, 0.25) is 0 Å². The maximum atomic E-state index is 11.4. The minimum Gasteiger partial charge on any atom is -0.346 e. The van der Waals surface area contributed by atoms with Crippen molar-refractivity contribution in [3.63, 3.8) is 0 Å². The van der Waals surface area contributed by atoms with Crippen molar-refractivity contribution >= 4 is 11.6 Å². The van der Waals surface area contributed by atoms with Gasteiger partial charge in [0.05, 0.1) is 19.3 Å². The lowest BCUT2D eigenvalue weighted by Crippen LogP contribution is -2.13. The normalized spacial score (nSPS) is 15.5. The Balaban J connectivity index is 2.16. The lowest BCUT2D eigenvalue weighted by molar-refractivity contribution is -0.115. The monoisotopic (exact) mass is 232 g/mol. The van der Waals surface area contributed by atoms with Crippen molar-refractivity contribution in [3.8, 4) is 6.07 Å². The molecule has 0 saturated carbocycles. The highest BCUT2D eigenvalue weighted by atomic mass is 16.7. The number of rotatable bonds is 3. The molecule has 5 heteroatoms. The molecule has 0 bridgehead atoms. The molecule has 0 unspecified atom stereocenters. The molecule has 1 fully saturated rings. The molecule has 1 N–H and O–H groups in total. The van der Waals surface area contributed by atoms with E-state index in [4.69, 9.17) is 14.7 Å². The van der Waals surface area contributed by atoms with Gasteiger partial charge in [0.15, 0.2) is 6.29 Å². The number of ether oxygens (including phenoxy) is 2. The molecule has 88 valence electrons. The van der Waals surface area contributed by atoms with Gasteiger partial charge in [0.2, 0.25) is 5.91 Å². The van der Waals surface area contributed by atoms with Gasteiger partial charge in [-0.3, -0.25) is 4.79 Å². The first kappa shape index (κ1) is 11.6. The van der Waals surface area contributed by atoms with Gasteiger partial charge >= 0.3 is 0 Å². The zero-order chi connectivity index (χ0) is 12.1. The lowest BCUT2D eigenvalue weighted by atomic mass is 10.1. The van der Waals surface area contributed by atoms with Crippen molar-refractivity contribution in [3.05, 3.63) is 29.8 Å². The highest BCUT2D eigenvalue weighted by Crippen LogP contribution is 2.29. The smallest absolute Gasteiger partial charge is 0.238 e. The van der Waals surface area contributed by atoms with E-state index in [1.54, 1.807) is 18.2 Å². The molecule has 0 radical (unpaired) electrons. The summed E-state index contributed by atoms with van der Waals surface area (Å²) in [4.78, 5) is 11.4. The third-order valence-electron chi connectivity index (χ3n) is 2.35. The fourth-order valence-electron chi connectivity index (χ4n) is 1.62. The van der Waals surface area contributed by atoms with Crippen LogP contribution in [0.3, 0.4) is 0 Å². The van der Waals surface area contributed by atoms with E-state index < -0.39 is 6.29 Å². The zero-order valence-electron chi connectivity index (χ0n) is 9.18. The SMILES string of the molecule is N#CCC(=O)Nc1ccccc1C1OCCO1. The summed E-state index contributed by atoms with van der Waals surface area (Å²) in [5.74, 6) is -0.335. The molecule has 0 aliphatic carbocycles. The standard InChI is InChI=1S/C12H12N2O3/c13-6-5-11(15)14-10-4-2-1-3-9(10)12-16-7-8-17-12/h1-4,12H,5,7-8H2,(H,14,15). The summed E-state index contributed by atoms with van der Waals surface area (Å²) < 4.78 is 10.8. The molecule has 5 nitrogen and oxygen atoms in total. The average molecular weight is 232 g/mol. The highest BCUT2D eigenvalue weighted by molar-refractivity contribution is 5.92. The number of nitriles is 1. The lowest BCUT2D eigenvalue weighted by Gasteiger charge is -2.14. The second-order valence-electron chi connectivity index (χ2n) is 3.54. The van der Waals surface area contributed by atoms with Crippen molar-refractivity contribution in [1.29, 1.82) is 5.26 Å². The van der Waals surface area contributed by atoms with Gasteiger partial charge in [-0.15, -0.1) is 0 Å². The number of hydrogen-bond donors (Lipinski definition) is 1. The van der Waals surface area contributed by atoms with Crippen molar-refractivity contribution in [2.24, 2.45) is 0 Å². The molecule has 1 amide bonds. The first-order chi connectivity index (χ1) is 8.31. The number of amides is 1. The molecule has 0 spiro atoms. The van der Waals surface area contributed by atoms with Crippen LogP contribution >= 0.6 is 0 Å². The minimum absolute atomic E-state index is 0.166. The van der Waals surface area contributed by atoms with E-state index in [9.17, 15) is 4.79 Å². The van der Waals surface area contributed by atoms with Gasteiger partial charge < -0.3 is 14.8 Å². The molecule has 1 saturated heterocycles. The molecular formula is C12H12N2O3. The van der Waals surface area contributed by atoms with Gasteiger partial charge in [0, 0.05) is 11.3 Å². The van der Waals surface area contributed by atoms with E-state index in [1.165, 1.54) is 0 Å². The molecule has 1 heterocycles. The maximum absolute atomic E-state index is 11.4. The number of benzene rings is 1. The molecule has 2 rings (SSSR count). The Hall–Kier alpha value is -1.90. The fourth-order valence-corrected chi connectivity index (χ4v) is 1.62. The Morgan fingerprint density at radius 2 is 2.12 bits per heavy atom. The maximum Gasteiger partial charge on any atom is 0.238 e. The third-order valence-corrected chi connectivity index (χ3v) is 2.35. The van der Waals surface area contributed by atoms with E-state index in [0.29, 0.717) is 18.9 Å². The van der Waals surface area contributed by atoms with Crippen molar-refractivity contribution in [2.75, 3.05) is 18.5 Å². The molecule has 17 heavy (non-hydrogen) atoms. The Morgan fingerprint density at radius 1 is 1.41 bits per heavy atom. The van der Waals surface area contributed by atoms with Gasteiger partial charge in [0.1, 0.15) is 6.42 Å². The summed E-state index contributed by atoms with van der Waals surface area (Å²) in [5.41, 5.74) is 1.40. The van der Waals surface area contributed by atoms with Crippen molar-refractivity contribution in [2.45, 2.75) is 12.7 Å². The number of nitrogens with zero attached hydrogens (tertiary/aromatic N) is 1. The summed E-state index contributed by atoms with van der Waals surface area (Å²) in [5, 5.41) is 11.1. The molecule has 1 aliphatic rings. The number of carbonyl (C=O) groups is 1. The van der Waals surface area contributed by atoms with Gasteiger partial charge in [-0.05, 0) is 6.07 Å². The van der Waals surface area contributed by atoms with Gasteiger partial charge in [-0.2, -0.15) is 5.26 Å². The van der Waals surface area contributed by atoms with Crippen LogP contribution in [-0.2, 0) is 14.3 Å². The van der Waals surface area contributed by atoms with Gasteiger partial charge in [0.25, 0.3) is 0 Å². The van der Waals surface area contributed by atoms with Crippen LogP contribution < -0.4 is 5.32 Å². The summed E-state index contributed by atoms with van der Waals surface area (Å²) in [6.45, 7) is 1.09. The summed E-state index contributed by atoms with van der Waals surface area (Å²) in [7, 11) is 0. The van der Waals surface area contributed by atoms with Crippen LogP contribution in [0.25, 0.3) is 0 Å². The van der Waals surface area contributed by atoms with Crippen molar-refractivity contribution in [1.82, 2.24) is 0 Å². The number of anilines is 1. The van der Waals surface area contributed by atoms with E-state index in [0.717, 1.165) is 5.56 Å². The van der Waals surface area contributed by atoms with Crippen LogP contribution in [0, 0.1) is 11.3 Å². The average Bonchev–Trinajstić information content (AvgIpc) is 2.83. The van der Waals surface area contributed by atoms with Crippen LogP contribution in [0.5, 0.6) is 0 Å². The highest BCUT2D eigenvalue weighted by Gasteiger charge is 2.21. The summed E-state index contributed by atoms with van der Waals surface area (Å²) in [6.07, 6.45) is -0.602. The Kier molecular flexibility index (Phi) is 3.70. The van der Waals surface area contributed by atoms with Crippen LogP contribution in [0.15, 0.2) is 24.3 Å². The molecule has 1 aliphatic heterocycles. The largest absolute Gasteiger partial charge is 0.346 e. The molecule has 1 aromatic rings. The Bertz CT molecular complexity index is 447. The van der Waals surface area contributed by atoms with Crippen LogP contribution in [0.1, 0.15) is 18.3 Å². The third kappa shape index (κ3) is 2.81. The summed E-state index contributed by atoms with van der Waals surface area (Å²) in [6, 6.07) is 9.05. The second kappa shape index (κ2) is 5.43. The molecule has 0 aromatic heterocycles. The topological polar surface area (TPSA) is 71.4 Å². The summed E-state index contributed by atoms with van der Waals surface area (Å²) >= 11 is 0. The molecule has 0 atom stereocenters. The van der Waals surface area contributed by atoms with E-state index in [-0.39, 0.29) is 12.3 Å². The van der Waals surface area contributed by atoms with Crippen molar-refractivity contribution < 1.29 is 14.3 Å². The fraction of sp³-hybridized carbons (Fsp3) is 0.333. The number of nitrogens with one attached hydrogen (secondary N) is 1. The first-order valence-electron chi connectivity index (χ1n) is 5.30. The number of carbonyl (C=O) groups excluding carboxylic acids is 1. The quantitative estimate of drug-likeness (QED) is 0.858. The Labute approximate surface area is 98.9 Å². The van der Waals surface area contributed by atoms with Gasteiger partial charge in [-0.25, -0.2) is 0 Å². The predicted octanol–water partition coefficient (Wildman–Crippen LogP) is 1.58. The predicted molar refractivity (Wildman–Crippen MR) is 59.9 cm³/mol. The first-order valence-corrected chi connectivity index (χ1v) is 5.30. The van der Waals surface area contributed by atoms with E-state index >= 15 is 0 Å². The van der Waals surface area contributed by atoms with Gasteiger partial charge in [-0.1, -0.05) is 18.2 Å². The number of para-hydroxylation sites is 1.